The molecule has 2 aromatic rings. The molecule has 1 aromatic heterocycles. The van der Waals surface area contributed by atoms with Crippen molar-refractivity contribution in [2.45, 2.75) is 18.5 Å². The van der Waals surface area contributed by atoms with Crippen LogP contribution < -0.4 is 5.32 Å². The summed E-state index contributed by atoms with van der Waals surface area (Å²) in [5.41, 5.74) is 0.659. The van der Waals surface area contributed by atoms with Gasteiger partial charge in [-0.05, 0) is 18.6 Å². The van der Waals surface area contributed by atoms with Crippen molar-refractivity contribution in [3.63, 3.8) is 0 Å². The van der Waals surface area contributed by atoms with E-state index in [4.69, 9.17) is 23.2 Å². The van der Waals surface area contributed by atoms with E-state index in [1.807, 2.05) is 0 Å². The first-order valence-electron chi connectivity index (χ1n) is 6.33. The molecule has 0 unspecified atom stereocenters. The summed E-state index contributed by atoms with van der Waals surface area (Å²) in [4.78, 5) is 20.6. The van der Waals surface area contributed by atoms with E-state index >= 15 is 0 Å². The maximum atomic E-state index is 12.3. The second-order valence-corrected chi connectivity index (χ2v) is 6.01. The van der Waals surface area contributed by atoms with Crippen LogP contribution in [0.4, 0.5) is 5.69 Å². The summed E-state index contributed by atoms with van der Waals surface area (Å²) in [7, 11) is 0. The number of carbonyl (C=O) groups is 1. The standard InChI is InChI=1S/C14H13Cl2N3OS/c1-2-7-21-14-17-8-10(16)12(19-14)13(20)18-11-6-4-3-5-9(11)15/h3-6,8H,2,7H2,1H3,(H,18,20). The summed E-state index contributed by atoms with van der Waals surface area (Å²) in [6.07, 6.45) is 2.44. The molecule has 0 radical (unpaired) electrons. The van der Waals surface area contributed by atoms with Crippen LogP contribution >= 0.6 is 35.0 Å². The van der Waals surface area contributed by atoms with E-state index in [2.05, 4.69) is 22.2 Å². The predicted octanol–water partition coefficient (Wildman–Crippen LogP) is 4.54. The van der Waals surface area contributed by atoms with Gasteiger partial charge in [-0.1, -0.05) is 54.0 Å². The topological polar surface area (TPSA) is 54.9 Å². The number of aromatic nitrogens is 2. The summed E-state index contributed by atoms with van der Waals surface area (Å²) in [6.45, 7) is 2.06. The lowest BCUT2D eigenvalue weighted by atomic mass is 10.3. The van der Waals surface area contributed by atoms with Gasteiger partial charge in [-0.3, -0.25) is 4.79 Å². The Kier molecular flexibility index (Phi) is 5.85. The highest BCUT2D eigenvalue weighted by molar-refractivity contribution is 7.99. The number of anilines is 1. The number of carbonyl (C=O) groups excluding carboxylic acids is 1. The smallest absolute Gasteiger partial charge is 0.276 e. The minimum Gasteiger partial charge on any atom is -0.319 e. The van der Waals surface area contributed by atoms with Gasteiger partial charge in [0.2, 0.25) is 0 Å². The number of rotatable bonds is 5. The largest absolute Gasteiger partial charge is 0.319 e. The molecule has 1 N–H and O–H groups in total. The number of thioether (sulfide) groups is 1. The van der Waals surface area contributed by atoms with Gasteiger partial charge in [-0.2, -0.15) is 0 Å². The molecule has 0 aliphatic heterocycles. The lowest BCUT2D eigenvalue weighted by Gasteiger charge is -2.08. The van der Waals surface area contributed by atoms with Crippen LogP contribution in [0.2, 0.25) is 10.0 Å². The van der Waals surface area contributed by atoms with E-state index in [0.717, 1.165) is 12.2 Å². The first-order valence-corrected chi connectivity index (χ1v) is 8.07. The molecule has 110 valence electrons. The third-order valence-corrected chi connectivity index (χ3v) is 4.17. The molecule has 1 heterocycles. The van der Waals surface area contributed by atoms with Crippen LogP contribution in [0.25, 0.3) is 0 Å². The van der Waals surface area contributed by atoms with Gasteiger partial charge in [0.05, 0.1) is 21.9 Å². The van der Waals surface area contributed by atoms with Gasteiger partial charge in [0, 0.05) is 5.75 Å². The zero-order chi connectivity index (χ0) is 15.2. The molecule has 0 fully saturated rings. The molecule has 0 aliphatic rings. The Morgan fingerprint density at radius 3 is 2.76 bits per heavy atom. The van der Waals surface area contributed by atoms with Crippen LogP contribution in [0.15, 0.2) is 35.6 Å². The molecule has 0 saturated heterocycles. The van der Waals surface area contributed by atoms with Crippen molar-refractivity contribution >= 4 is 46.6 Å². The molecule has 0 bridgehead atoms. The minimum absolute atomic E-state index is 0.144. The SMILES string of the molecule is CCCSc1ncc(Cl)c(C(=O)Nc2ccccc2Cl)n1. The molecular formula is C14H13Cl2N3OS. The van der Waals surface area contributed by atoms with Crippen molar-refractivity contribution in [3.8, 4) is 0 Å². The predicted molar refractivity (Wildman–Crippen MR) is 87.5 cm³/mol. The van der Waals surface area contributed by atoms with Gasteiger partial charge in [0.25, 0.3) is 5.91 Å². The average molecular weight is 342 g/mol. The average Bonchev–Trinajstić information content (AvgIpc) is 2.48. The van der Waals surface area contributed by atoms with Gasteiger partial charge in [0.1, 0.15) is 0 Å². The minimum atomic E-state index is -0.408. The van der Waals surface area contributed by atoms with Crippen molar-refractivity contribution in [1.29, 1.82) is 0 Å². The Morgan fingerprint density at radius 2 is 2.05 bits per heavy atom. The molecule has 0 saturated carbocycles. The second-order valence-electron chi connectivity index (χ2n) is 4.13. The highest BCUT2D eigenvalue weighted by atomic mass is 35.5. The molecule has 0 aliphatic carbocycles. The Morgan fingerprint density at radius 1 is 1.29 bits per heavy atom. The van der Waals surface area contributed by atoms with Crippen molar-refractivity contribution in [1.82, 2.24) is 9.97 Å². The molecule has 1 aromatic carbocycles. The Bertz CT molecular complexity index is 652. The number of hydrogen-bond donors (Lipinski definition) is 1. The zero-order valence-electron chi connectivity index (χ0n) is 11.3. The van der Waals surface area contributed by atoms with Crippen molar-refractivity contribution in [3.05, 3.63) is 46.2 Å². The normalized spacial score (nSPS) is 10.4. The van der Waals surface area contributed by atoms with E-state index in [-0.39, 0.29) is 10.7 Å². The van der Waals surface area contributed by atoms with E-state index in [1.54, 1.807) is 24.3 Å². The summed E-state index contributed by atoms with van der Waals surface area (Å²) in [5.74, 6) is 0.474. The van der Waals surface area contributed by atoms with Crippen LogP contribution in [0.3, 0.4) is 0 Å². The van der Waals surface area contributed by atoms with Gasteiger partial charge in [-0.25, -0.2) is 9.97 Å². The fourth-order valence-electron chi connectivity index (χ4n) is 1.52. The number of benzene rings is 1. The molecule has 4 nitrogen and oxygen atoms in total. The molecule has 1 amide bonds. The van der Waals surface area contributed by atoms with Gasteiger partial charge in [-0.15, -0.1) is 0 Å². The van der Waals surface area contributed by atoms with Gasteiger partial charge < -0.3 is 5.32 Å². The van der Waals surface area contributed by atoms with E-state index in [1.165, 1.54) is 18.0 Å². The Balaban J connectivity index is 2.20. The molecule has 0 spiro atoms. The van der Waals surface area contributed by atoms with Crippen molar-refractivity contribution in [2.75, 3.05) is 11.1 Å². The lowest BCUT2D eigenvalue weighted by molar-refractivity contribution is 0.102. The highest BCUT2D eigenvalue weighted by Gasteiger charge is 2.15. The number of hydrogen-bond acceptors (Lipinski definition) is 4. The maximum absolute atomic E-state index is 12.3. The Labute approximate surface area is 137 Å². The molecule has 2 rings (SSSR count). The van der Waals surface area contributed by atoms with Crippen molar-refractivity contribution in [2.24, 2.45) is 0 Å². The first-order chi connectivity index (χ1) is 10.1. The number of halogens is 2. The summed E-state index contributed by atoms with van der Waals surface area (Å²) >= 11 is 13.5. The summed E-state index contributed by atoms with van der Waals surface area (Å²) in [5, 5.41) is 3.89. The fraction of sp³-hybridized carbons (Fsp3) is 0.214. The zero-order valence-corrected chi connectivity index (χ0v) is 13.6. The Hall–Kier alpha value is -1.30. The molecular weight excluding hydrogens is 329 g/mol. The molecule has 0 atom stereocenters. The molecule has 7 heteroatoms. The van der Waals surface area contributed by atoms with Crippen LogP contribution in [0, 0.1) is 0 Å². The summed E-state index contributed by atoms with van der Waals surface area (Å²) in [6, 6.07) is 6.98. The quantitative estimate of drug-likeness (QED) is 0.640. The number of para-hydroxylation sites is 1. The van der Waals surface area contributed by atoms with E-state index < -0.39 is 5.91 Å². The van der Waals surface area contributed by atoms with E-state index in [9.17, 15) is 4.79 Å². The monoisotopic (exact) mass is 341 g/mol. The number of nitrogens with zero attached hydrogens (tertiary/aromatic N) is 2. The van der Waals surface area contributed by atoms with E-state index in [0.29, 0.717) is 15.9 Å². The first kappa shape index (κ1) is 16.1. The number of nitrogens with one attached hydrogen (secondary N) is 1. The second kappa shape index (κ2) is 7.64. The maximum Gasteiger partial charge on any atom is 0.276 e. The summed E-state index contributed by atoms with van der Waals surface area (Å²) < 4.78 is 0. The van der Waals surface area contributed by atoms with Crippen LogP contribution in [0.1, 0.15) is 23.8 Å². The van der Waals surface area contributed by atoms with Crippen LogP contribution in [-0.4, -0.2) is 21.6 Å². The van der Waals surface area contributed by atoms with Crippen LogP contribution in [-0.2, 0) is 0 Å². The highest BCUT2D eigenvalue weighted by Crippen LogP contribution is 2.23. The third-order valence-electron chi connectivity index (χ3n) is 2.49. The number of amides is 1. The lowest BCUT2D eigenvalue weighted by Crippen LogP contribution is -2.15. The van der Waals surface area contributed by atoms with Gasteiger partial charge in [0.15, 0.2) is 10.9 Å². The van der Waals surface area contributed by atoms with Crippen molar-refractivity contribution < 1.29 is 4.79 Å². The molecule has 21 heavy (non-hydrogen) atoms. The van der Waals surface area contributed by atoms with Gasteiger partial charge >= 0.3 is 0 Å². The van der Waals surface area contributed by atoms with Crippen LogP contribution in [0.5, 0.6) is 0 Å². The fourth-order valence-corrected chi connectivity index (χ4v) is 2.55. The third kappa shape index (κ3) is 4.33.